The highest BCUT2D eigenvalue weighted by atomic mass is 19.4. The Bertz CT molecular complexity index is 769. The van der Waals surface area contributed by atoms with Gasteiger partial charge in [-0.2, -0.15) is 13.2 Å². The van der Waals surface area contributed by atoms with Crippen LogP contribution in [0.25, 0.3) is 0 Å². The van der Waals surface area contributed by atoms with Crippen molar-refractivity contribution in [2.45, 2.75) is 43.8 Å². The molecule has 3 heterocycles. The number of nitrogens with one attached hydrogen (secondary N) is 1. The van der Waals surface area contributed by atoms with Gasteiger partial charge in [-0.15, -0.1) is 0 Å². The van der Waals surface area contributed by atoms with E-state index in [4.69, 9.17) is 4.74 Å². The number of nitrogens with zero attached hydrogens (tertiary/aromatic N) is 4. The molecule has 7 nitrogen and oxygen atoms in total. The van der Waals surface area contributed by atoms with Crippen LogP contribution in [0.3, 0.4) is 0 Å². The van der Waals surface area contributed by atoms with Crippen LogP contribution in [0.1, 0.15) is 37.7 Å². The number of hydrogen-bond acceptors (Lipinski definition) is 6. The molecule has 3 fully saturated rings. The van der Waals surface area contributed by atoms with Gasteiger partial charge in [0.2, 0.25) is 5.91 Å². The number of aromatic nitrogens is 1. The molecular formula is C23H34F3N5O2. The highest BCUT2D eigenvalue weighted by Gasteiger charge is 2.39. The number of amides is 1. The van der Waals surface area contributed by atoms with E-state index in [1.54, 1.807) is 0 Å². The zero-order valence-electron chi connectivity index (χ0n) is 19.1. The molecule has 2 saturated heterocycles. The van der Waals surface area contributed by atoms with Gasteiger partial charge in [-0.1, -0.05) is 19.3 Å². The summed E-state index contributed by atoms with van der Waals surface area (Å²) in [6, 6.07) is 2.48. The van der Waals surface area contributed by atoms with E-state index in [1.165, 1.54) is 25.3 Å². The van der Waals surface area contributed by atoms with Gasteiger partial charge in [-0.05, 0) is 25.0 Å². The largest absolute Gasteiger partial charge is 0.417 e. The number of anilines is 1. The Balaban J connectivity index is 1.24. The number of carbonyl (C=O) groups excluding carboxylic acids is 1. The van der Waals surface area contributed by atoms with E-state index in [0.717, 1.165) is 51.4 Å². The van der Waals surface area contributed by atoms with Crippen molar-refractivity contribution in [2.75, 3.05) is 70.5 Å². The summed E-state index contributed by atoms with van der Waals surface area (Å²) < 4.78 is 43.7. The van der Waals surface area contributed by atoms with Crippen LogP contribution in [-0.2, 0) is 15.7 Å². The summed E-state index contributed by atoms with van der Waals surface area (Å²) in [5.74, 6) is 0.575. The van der Waals surface area contributed by atoms with Crippen LogP contribution in [0, 0.1) is 0 Å². The van der Waals surface area contributed by atoms with E-state index < -0.39 is 11.7 Å². The standard InChI is InChI=1S/C23H34F3N5O2/c24-23(25,26)19-4-5-20(27-16-19)30-10-8-29(9-11-30)17-21(32)28-18-22(6-2-1-3-7-22)31-12-14-33-15-13-31/h4-5,16H,1-3,6-15,17-18H2,(H,28,32). The molecule has 0 bridgehead atoms. The number of hydrogen-bond donors (Lipinski definition) is 1. The summed E-state index contributed by atoms with van der Waals surface area (Å²) in [6.45, 7) is 6.99. The van der Waals surface area contributed by atoms with Gasteiger partial charge in [0.1, 0.15) is 5.82 Å². The molecule has 4 rings (SSSR count). The van der Waals surface area contributed by atoms with E-state index in [1.807, 2.05) is 4.90 Å². The van der Waals surface area contributed by atoms with E-state index in [-0.39, 0.29) is 11.4 Å². The molecule has 3 aliphatic rings. The Hall–Kier alpha value is -1.91. The van der Waals surface area contributed by atoms with Crippen molar-refractivity contribution in [2.24, 2.45) is 0 Å². The average molecular weight is 470 g/mol. The lowest BCUT2D eigenvalue weighted by Gasteiger charge is -2.48. The SMILES string of the molecule is O=C(CN1CCN(c2ccc(C(F)(F)F)cn2)CC1)NCC1(N2CCOCC2)CCCCC1. The van der Waals surface area contributed by atoms with E-state index in [2.05, 4.69) is 20.1 Å². The fourth-order valence-electron chi connectivity index (χ4n) is 5.25. The third kappa shape index (κ3) is 6.16. The Morgan fingerprint density at radius 2 is 1.73 bits per heavy atom. The monoisotopic (exact) mass is 469 g/mol. The van der Waals surface area contributed by atoms with Crippen LogP contribution in [0.5, 0.6) is 0 Å². The van der Waals surface area contributed by atoms with Gasteiger partial charge in [0.25, 0.3) is 0 Å². The maximum absolute atomic E-state index is 12.7. The topological polar surface area (TPSA) is 60.9 Å². The summed E-state index contributed by atoms with van der Waals surface area (Å²) in [4.78, 5) is 23.3. The molecule has 184 valence electrons. The molecule has 0 unspecified atom stereocenters. The molecule has 1 N–H and O–H groups in total. The van der Waals surface area contributed by atoms with Crippen LogP contribution >= 0.6 is 0 Å². The summed E-state index contributed by atoms with van der Waals surface area (Å²) in [6.07, 6.45) is 2.40. The maximum Gasteiger partial charge on any atom is 0.417 e. The number of carbonyl (C=O) groups is 1. The fraction of sp³-hybridized carbons (Fsp3) is 0.739. The van der Waals surface area contributed by atoms with Crippen molar-refractivity contribution < 1.29 is 22.7 Å². The molecule has 0 aromatic carbocycles. The van der Waals surface area contributed by atoms with E-state index in [9.17, 15) is 18.0 Å². The predicted molar refractivity (Wildman–Crippen MR) is 119 cm³/mol. The van der Waals surface area contributed by atoms with Gasteiger partial charge in [0, 0.05) is 57.5 Å². The highest BCUT2D eigenvalue weighted by Crippen LogP contribution is 2.34. The van der Waals surface area contributed by atoms with Crippen molar-refractivity contribution in [3.8, 4) is 0 Å². The summed E-state index contributed by atoms with van der Waals surface area (Å²) in [5.41, 5.74) is -0.695. The molecule has 1 aromatic heterocycles. The lowest BCUT2D eigenvalue weighted by atomic mass is 9.79. The first-order valence-electron chi connectivity index (χ1n) is 12.0. The summed E-state index contributed by atoms with van der Waals surface area (Å²) >= 11 is 0. The second kappa shape index (κ2) is 10.6. The zero-order valence-corrected chi connectivity index (χ0v) is 19.1. The van der Waals surface area contributed by atoms with Gasteiger partial charge in [-0.3, -0.25) is 14.6 Å². The molecule has 10 heteroatoms. The average Bonchev–Trinajstić information content (AvgIpc) is 2.84. The van der Waals surface area contributed by atoms with E-state index >= 15 is 0 Å². The minimum absolute atomic E-state index is 0.0364. The maximum atomic E-state index is 12.7. The first-order chi connectivity index (χ1) is 15.9. The number of morpholine rings is 1. The minimum atomic E-state index is -4.38. The normalized spacial score (nSPS) is 22.8. The van der Waals surface area contributed by atoms with Gasteiger partial charge < -0.3 is 15.0 Å². The molecular weight excluding hydrogens is 435 g/mol. The van der Waals surface area contributed by atoms with Crippen LogP contribution in [-0.4, -0.2) is 91.8 Å². The molecule has 0 atom stereocenters. The van der Waals surface area contributed by atoms with Crippen LogP contribution in [0.2, 0.25) is 0 Å². The Kier molecular flexibility index (Phi) is 7.76. The van der Waals surface area contributed by atoms with Crippen molar-refractivity contribution in [3.63, 3.8) is 0 Å². The smallest absolute Gasteiger partial charge is 0.379 e. The second-order valence-corrected chi connectivity index (χ2v) is 9.33. The lowest BCUT2D eigenvalue weighted by molar-refractivity contribution is -0.137. The number of halogens is 3. The molecule has 0 radical (unpaired) electrons. The van der Waals surface area contributed by atoms with Gasteiger partial charge in [0.05, 0.1) is 25.3 Å². The lowest BCUT2D eigenvalue weighted by Crippen LogP contribution is -2.60. The highest BCUT2D eigenvalue weighted by molar-refractivity contribution is 5.78. The fourth-order valence-corrected chi connectivity index (χ4v) is 5.25. The Morgan fingerprint density at radius 3 is 2.33 bits per heavy atom. The molecule has 0 spiro atoms. The molecule has 33 heavy (non-hydrogen) atoms. The first kappa shape index (κ1) is 24.2. The number of alkyl halides is 3. The molecule has 2 aliphatic heterocycles. The molecule has 1 amide bonds. The molecule has 1 aliphatic carbocycles. The first-order valence-corrected chi connectivity index (χ1v) is 12.0. The number of ether oxygens (including phenoxy) is 1. The van der Waals surface area contributed by atoms with Crippen LogP contribution in [0.4, 0.5) is 19.0 Å². The van der Waals surface area contributed by atoms with Gasteiger partial charge >= 0.3 is 6.18 Å². The third-order valence-corrected chi connectivity index (χ3v) is 7.22. The van der Waals surface area contributed by atoms with Gasteiger partial charge in [-0.25, -0.2) is 4.98 Å². The summed E-state index contributed by atoms with van der Waals surface area (Å²) in [5, 5.41) is 3.21. The number of pyridine rings is 1. The van der Waals surface area contributed by atoms with Crippen LogP contribution in [0.15, 0.2) is 18.3 Å². The Labute approximate surface area is 193 Å². The molecule has 1 aromatic rings. The number of piperazine rings is 1. The van der Waals surface area contributed by atoms with Crippen molar-refractivity contribution in [1.82, 2.24) is 20.1 Å². The quantitative estimate of drug-likeness (QED) is 0.691. The van der Waals surface area contributed by atoms with E-state index in [0.29, 0.717) is 45.1 Å². The predicted octanol–water partition coefficient (Wildman–Crippen LogP) is 2.37. The van der Waals surface area contributed by atoms with Crippen molar-refractivity contribution in [3.05, 3.63) is 23.9 Å². The van der Waals surface area contributed by atoms with Crippen LogP contribution < -0.4 is 10.2 Å². The summed E-state index contributed by atoms with van der Waals surface area (Å²) in [7, 11) is 0. The minimum Gasteiger partial charge on any atom is -0.379 e. The van der Waals surface area contributed by atoms with Crippen molar-refractivity contribution in [1.29, 1.82) is 0 Å². The second-order valence-electron chi connectivity index (χ2n) is 9.33. The Morgan fingerprint density at radius 1 is 1.03 bits per heavy atom. The zero-order chi connectivity index (χ0) is 23.3. The third-order valence-electron chi connectivity index (χ3n) is 7.22. The molecule has 1 saturated carbocycles. The van der Waals surface area contributed by atoms with Crippen molar-refractivity contribution >= 4 is 11.7 Å². The van der Waals surface area contributed by atoms with Gasteiger partial charge in [0.15, 0.2) is 0 Å². The number of rotatable bonds is 6.